The van der Waals surface area contributed by atoms with Gasteiger partial charge in [-0.2, -0.15) is 0 Å². The Bertz CT molecular complexity index is 502. The number of amides is 1. The number of rotatable bonds is 2. The highest BCUT2D eigenvalue weighted by atomic mass is 16.4. The van der Waals surface area contributed by atoms with Crippen LogP contribution in [0.4, 0.5) is 0 Å². The zero-order chi connectivity index (χ0) is 13.5. The zero-order valence-corrected chi connectivity index (χ0v) is 10.8. The third-order valence-corrected chi connectivity index (χ3v) is 3.22. The van der Waals surface area contributed by atoms with Crippen LogP contribution in [0.15, 0.2) is 24.3 Å². The highest BCUT2D eigenvalue weighted by molar-refractivity contribution is 6.00. The van der Waals surface area contributed by atoms with Crippen LogP contribution in [0.3, 0.4) is 0 Å². The van der Waals surface area contributed by atoms with Gasteiger partial charge in [-0.15, -0.1) is 0 Å². The van der Waals surface area contributed by atoms with E-state index in [4.69, 9.17) is 0 Å². The summed E-state index contributed by atoms with van der Waals surface area (Å²) in [6.07, 6.45) is 0. The Labute approximate surface area is 106 Å². The molecule has 0 saturated heterocycles. The number of fused-ring (bicyclic) bond motifs is 1. The van der Waals surface area contributed by atoms with Crippen molar-refractivity contribution in [2.75, 3.05) is 0 Å². The first-order valence-corrected chi connectivity index (χ1v) is 5.94. The van der Waals surface area contributed by atoms with Gasteiger partial charge in [-0.1, -0.05) is 39.0 Å². The summed E-state index contributed by atoms with van der Waals surface area (Å²) in [5, 5.41) is 9.37. The highest BCUT2D eigenvalue weighted by Crippen LogP contribution is 2.32. The third-order valence-electron chi connectivity index (χ3n) is 3.22. The van der Waals surface area contributed by atoms with Crippen molar-refractivity contribution in [1.82, 2.24) is 4.90 Å². The quantitative estimate of drug-likeness (QED) is 0.871. The number of hydrogen-bond acceptors (Lipinski definition) is 2. The fourth-order valence-corrected chi connectivity index (χ4v) is 2.46. The van der Waals surface area contributed by atoms with Crippen LogP contribution in [0.2, 0.25) is 0 Å². The molecule has 1 atom stereocenters. The highest BCUT2D eigenvalue weighted by Gasteiger charge is 2.42. The number of carboxylic acid groups (broad SMARTS) is 1. The Kier molecular flexibility index (Phi) is 2.89. The van der Waals surface area contributed by atoms with E-state index in [1.807, 2.05) is 32.9 Å². The molecule has 1 N–H and O–H groups in total. The number of nitrogens with zero attached hydrogens (tertiary/aromatic N) is 1. The molecule has 0 radical (unpaired) electrons. The number of benzene rings is 1. The largest absolute Gasteiger partial charge is 0.480 e. The van der Waals surface area contributed by atoms with E-state index in [1.165, 1.54) is 4.90 Å². The standard InChI is InChI=1S/C14H17NO3/c1-14(2,3)11(13(17)18)15-8-9-6-4-5-7-10(9)12(15)16/h4-7,11H,8H2,1-3H3,(H,17,18)/t11-/m0/s1. The molecule has 0 aromatic heterocycles. The molecule has 1 amide bonds. The van der Waals surface area contributed by atoms with Crippen LogP contribution in [0.1, 0.15) is 36.7 Å². The molecule has 1 heterocycles. The van der Waals surface area contributed by atoms with Crippen LogP contribution in [0.25, 0.3) is 0 Å². The summed E-state index contributed by atoms with van der Waals surface area (Å²) in [5.41, 5.74) is 1.02. The summed E-state index contributed by atoms with van der Waals surface area (Å²) in [7, 11) is 0. The van der Waals surface area contributed by atoms with E-state index in [2.05, 4.69) is 0 Å². The maximum atomic E-state index is 12.3. The minimum absolute atomic E-state index is 0.187. The number of carboxylic acids is 1. The lowest BCUT2D eigenvalue weighted by atomic mass is 9.85. The molecule has 0 bridgehead atoms. The minimum atomic E-state index is -0.955. The average Bonchev–Trinajstić information content (AvgIpc) is 2.55. The second-order valence-electron chi connectivity index (χ2n) is 5.70. The van der Waals surface area contributed by atoms with Crippen molar-refractivity contribution < 1.29 is 14.7 Å². The monoisotopic (exact) mass is 247 g/mol. The third kappa shape index (κ3) is 1.98. The van der Waals surface area contributed by atoms with E-state index in [-0.39, 0.29) is 5.91 Å². The summed E-state index contributed by atoms with van der Waals surface area (Å²) in [6.45, 7) is 5.88. The topological polar surface area (TPSA) is 57.6 Å². The van der Waals surface area contributed by atoms with Crippen molar-refractivity contribution in [3.63, 3.8) is 0 Å². The van der Waals surface area contributed by atoms with Gasteiger partial charge in [0.2, 0.25) is 0 Å². The second-order valence-corrected chi connectivity index (χ2v) is 5.70. The van der Waals surface area contributed by atoms with Gasteiger partial charge < -0.3 is 10.0 Å². The molecule has 4 heteroatoms. The van der Waals surface area contributed by atoms with E-state index in [1.54, 1.807) is 12.1 Å². The molecule has 0 aliphatic carbocycles. The van der Waals surface area contributed by atoms with Crippen LogP contribution >= 0.6 is 0 Å². The second kappa shape index (κ2) is 4.12. The van der Waals surface area contributed by atoms with E-state index in [0.29, 0.717) is 12.1 Å². The Hall–Kier alpha value is -1.84. The lowest BCUT2D eigenvalue weighted by molar-refractivity contribution is -0.146. The van der Waals surface area contributed by atoms with Gasteiger partial charge in [0.05, 0.1) is 0 Å². The summed E-state index contributed by atoms with van der Waals surface area (Å²) in [6, 6.07) is 6.47. The predicted molar refractivity (Wildman–Crippen MR) is 67.2 cm³/mol. The molecular formula is C14H17NO3. The Morgan fingerprint density at radius 1 is 1.33 bits per heavy atom. The molecule has 1 aromatic carbocycles. The van der Waals surface area contributed by atoms with Crippen LogP contribution in [-0.2, 0) is 11.3 Å². The van der Waals surface area contributed by atoms with Crippen molar-refractivity contribution in [1.29, 1.82) is 0 Å². The van der Waals surface area contributed by atoms with Crippen LogP contribution in [-0.4, -0.2) is 27.9 Å². The van der Waals surface area contributed by atoms with E-state index in [0.717, 1.165) is 5.56 Å². The fraction of sp³-hybridized carbons (Fsp3) is 0.429. The summed E-state index contributed by atoms with van der Waals surface area (Å²) < 4.78 is 0. The molecule has 0 unspecified atom stereocenters. The van der Waals surface area contributed by atoms with Crippen molar-refractivity contribution in [2.45, 2.75) is 33.4 Å². The van der Waals surface area contributed by atoms with Crippen LogP contribution in [0.5, 0.6) is 0 Å². The van der Waals surface area contributed by atoms with E-state index >= 15 is 0 Å². The van der Waals surface area contributed by atoms with Gasteiger partial charge in [0.15, 0.2) is 0 Å². The smallest absolute Gasteiger partial charge is 0.326 e. The van der Waals surface area contributed by atoms with Crippen molar-refractivity contribution in [3.8, 4) is 0 Å². The van der Waals surface area contributed by atoms with Gasteiger partial charge in [0.1, 0.15) is 6.04 Å². The molecule has 1 aliphatic rings. The Balaban J connectivity index is 2.38. The molecular weight excluding hydrogens is 230 g/mol. The van der Waals surface area contributed by atoms with Crippen molar-refractivity contribution in [2.24, 2.45) is 5.41 Å². The lowest BCUT2D eigenvalue weighted by Gasteiger charge is -2.34. The van der Waals surface area contributed by atoms with Crippen LogP contribution < -0.4 is 0 Å². The maximum absolute atomic E-state index is 12.3. The first kappa shape index (κ1) is 12.6. The molecule has 4 nitrogen and oxygen atoms in total. The molecule has 96 valence electrons. The summed E-state index contributed by atoms with van der Waals surface area (Å²) in [4.78, 5) is 25.1. The predicted octanol–water partition coefficient (Wildman–Crippen LogP) is 2.14. The first-order chi connectivity index (χ1) is 8.32. The van der Waals surface area contributed by atoms with Gasteiger partial charge in [0.25, 0.3) is 5.91 Å². The molecule has 18 heavy (non-hydrogen) atoms. The van der Waals surface area contributed by atoms with Gasteiger partial charge in [-0.05, 0) is 17.0 Å². The Morgan fingerprint density at radius 2 is 1.94 bits per heavy atom. The molecule has 1 aliphatic heterocycles. The molecule has 2 rings (SSSR count). The maximum Gasteiger partial charge on any atom is 0.326 e. The average molecular weight is 247 g/mol. The van der Waals surface area contributed by atoms with Crippen molar-refractivity contribution >= 4 is 11.9 Å². The van der Waals surface area contributed by atoms with Crippen LogP contribution in [0, 0.1) is 5.41 Å². The van der Waals surface area contributed by atoms with E-state index < -0.39 is 17.4 Å². The minimum Gasteiger partial charge on any atom is -0.480 e. The molecule has 1 aromatic rings. The van der Waals surface area contributed by atoms with Gasteiger partial charge >= 0.3 is 5.97 Å². The van der Waals surface area contributed by atoms with Crippen molar-refractivity contribution in [3.05, 3.63) is 35.4 Å². The van der Waals surface area contributed by atoms with Gasteiger partial charge in [-0.25, -0.2) is 4.79 Å². The lowest BCUT2D eigenvalue weighted by Crippen LogP contribution is -2.49. The normalized spacial score (nSPS) is 16.6. The van der Waals surface area contributed by atoms with Gasteiger partial charge in [-0.3, -0.25) is 4.79 Å². The first-order valence-electron chi connectivity index (χ1n) is 5.94. The number of carbonyl (C=O) groups excluding carboxylic acids is 1. The SMILES string of the molecule is CC(C)(C)[C@H](C(=O)O)N1Cc2ccccc2C1=O. The fourth-order valence-electron chi connectivity index (χ4n) is 2.46. The van der Waals surface area contributed by atoms with E-state index in [9.17, 15) is 14.7 Å². The van der Waals surface area contributed by atoms with Gasteiger partial charge in [0, 0.05) is 12.1 Å². The molecule has 0 spiro atoms. The summed E-state index contributed by atoms with van der Waals surface area (Å²) in [5.74, 6) is -1.14. The molecule has 0 fully saturated rings. The zero-order valence-electron chi connectivity index (χ0n) is 10.8. The molecule has 0 saturated carbocycles. The number of aliphatic carboxylic acids is 1. The Morgan fingerprint density at radius 3 is 2.44 bits per heavy atom. The number of carbonyl (C=O) groups is 2. The summed E-state index contributed by atoms with van der Waals surface area (Å²) >= 11 is 0. The number of hydrogen-bond donors (Lipinski definition) is 1.